The van der Waals surface area contributed by atoms with Gasteiger partial charge in [-0.05, 0) is 61.8 Å². The molecule has 0 aliphatic rings. The summed E-state index contributed by atoms with van der Waals surface area (Å²) in [7, 11) is 0. The molecule has 0 atom stereocenters. The Kier molecular flexibility index (Phi) is 9.20. The van der Waals surface area contributed by atoms with Gasteiger partial charge in [-0.2, -0.15) is 13.2 Å². The van der Waals surface area contributed by atoms with Crippen LogP contribution in [0.25, 0.3) is 12.2 Å². The maximum atomic E-state index is 12.5. The van der Waals surface area contributed by atoms with Gasteiger partial charge in [0.1, 0.15) is 5.94 Å². The molecule has 0 saturated carbocycles. The standard InChI is InChI=1S/C25H25F3O/c26-25(27,28)24-18-16-22(17-19-24)13-7-3-9-15-23(20-29)14-8-2-6-12-21-10-4-1-5-11-21/h1,4-7,10-13,16-19H,2-3,8-9,14-15H2/b12-6+,13-7+. The summed E-state index contributed by atoms with van der Waals surface area (Å²) in [5, 5.41) is 0. The second-order valence-electron chi connectivity index (χ2n) is 6.83. The lowest BCUT2D eigenvalue weighted by Crippen LogP contribution is -2.03. The van der Waals surface area contributed by atoms with E-state index in [1.807, 2.05) is 36.4 Å². The molecule has 0 fully saturated rings. The molecule has 0 amide bonds. The molecule has 2 aromatic carbocycles. The zero-order chi connectivity index (χ0) is 21.0. The molecule has 2 rings (SSSR count). The molecule has 0 aromatic heterocycles. The predicted molar refractivity (Wildman–Crippen MR) is 113 cm³/mol. The number of hydrogen-bond donors (Lipinski definition) is 0. The molecule has 0 N–H and O–H groups in total. The number of carbonyl (C=O) groups excluding carboxylic acids is 1. The van der Waals surface area contributed by atoms with Crippen molar-refractivity contribution in [2.24, 2.45) is 0 Å². The molecule has 0 radical (unpaired) electrons. The Bertz CT molecular complexity index is 840. The molecule has 0 bridgehead atoms. The van der Waals surface area contributed by atoms with Crippen LogP contribution < -0.4 is 0 Å². The molecule has 0 aliphatic carbocycles. The summed E-state index contributed by atoms with van der Waals surface area (Å²) in [6.45, 7) is 0. The fourth-order valence-electron chi connectivity index (χ4n) is 2.88. The smallest absolute Gasteiger partial charge is 0.234 e. The second kappa shape index (κ2) is 11.9. The van der Waals surface area contributed by atoms with Crippen LogP contribution in [0.3, 0.4) is 0 Å². The minimum absolute atomic E-state index is 0.644. The Labute approximate surface area is 170 Å². The van der Waals surface area contributed by atoms with Crippen LogP contribution in [-0.2, 0) is 11.0 Å². The Morgan fingerprint density at radius 2 is 1.31 bits per heavy atom. The topological polar surface area (TPSA) is 17.1 Å². The highest BCUT2D eigenvalue weighted by atomic mass is 19.4. The lowest BCUT2D eigenvalue weighted by molar-refractivity contribution is -0.137. The van der Waals surface area contributed by atoms with Gasteiger partial charge in [-0.1, -0.05) is 66.8 Å². The second-order valence-corrected chi connectivity index (χ2v) is 6.83. The van der Waals surface area contributed by atoms with Crippen LogP contribution in [0.5, 0.6) is 0 Å². The van der Waals surface area contributed by atoms with Crippen LogP contribution in [0.15, 0.2) is 72.3 Å². The Hall–Kier alpha value is -2.84. The van der Waals surface area contributed by atoms with Gasteiger partial charge in [0.15, 0.2) is 0 Å². The molecule has 0 saturated heterocycles. The van der Waals surface area contributed by atoms with Crippen molar-refractivity contribution in [3.8, 4) is 0 Å². The van der Waals surface area contributed by atoms with Crippen molar-refractivity contribution in [1.82, 2.24) is 0 Å². The van der Waals surface area contributed by atoms with E-state index in [1.54, 1.807) is 6.08 Å². The van der Waals surface area contributed by atoms with Crippen LogP contribution in [0, 0.1) is 0 Å². The van der Waals surface area contributed by atoms with Gasteiger partial charge < -0.3 is 0 Å². The highest BCUT2D eigenvalue weighted by molar-refractivity contribution is 5.52. The molecule has 1 nitrogen and oxygen atoms in total. The largest absolute Gasteiger partial charge is 0.416 e. The number of unbranched alkanes of at least 4 members (excludes halogenated alkanes) is 2. The number of allylic oxidation sites excluding steroid dienone is 3. The van der Waals surface area contributed by atoms with Crippen molar-refractivity contribution in [2.45, 2.75) is 44.7 Å². The molecule has 29 heavy (non-hydrogen) atoms. The molecule has 152 valence electrons. The summed E-state index contributed by atoms with van der Waals surface area (Å²) >= 11 is 0. The lowest BCUT2D eigenvalue weighted by atomic mass is 10.0. The third-order valence-corrected chi connectivity index (χ3v) is 4.50. The van der Waals surface area contributed by atoms with Crippen LogP contribution >= 0.6 is 0 Å². The summed E-state index contributed by atoms with van der Waals surface area (Å²) in [4.78, 5) is 11.1. The summed E-state index contributed by atoms with van der Waals surface area (Å²) in [6, 6.07) is 15.2. The first-order valence-corrected chi connectivity index (χ1v) is 9.77. The van der Waals surface area contributed by atoms with Crippen molar-refractivity contribution in [1.29, 1.82) is 0 Å². The highest BCUT2D eigenvalue weighted by Crippen LogP contribution is 2.29. The van der Waals surface area contributed by atoms with Gasteiger partial charge in [0.2, 0.25) is 0 Å². The van der Waals surface area contributed by atoms with Gasteiger partial charge >= 0.3 is 6.18 Å². The van der Waals surface area contributed by atoms with Gasteiger partial charge in [0.25, 0.3) is 0 Å². The van der Waals surface area contributed by atoms with E-state index >= 15 is 0 Å². The zero-order valence-electron chi connectivity index (χ0n) is 16.3. The molecule has 2 aromatic rings. The van der Waals surface area contributed by atoms with E-state index in [-0.39, 0.29) is 0 Å². The molecule has 0 unspecified atom stereocenters. The Morgan fingerprint density at radius 3 is 1.79 bits per heavy atom. The van der Waals surface area contributed by atoms with E-state index in [0.717, 1.165) is 55.4 Å². The first-order valence-electron chi connectivity index (χ1n) is 9.77. The van der Waals surface area contributed by atoms with Crippen molar-refractivity contribution in [3.05, 3.63) is 89.0 Å². The normalized spacial score (nSPS) is 11.8. The predicted octanol–water partition coefficient (Wildman–Crippen LogP) is 7.53. The SMILES string of the molecule is O=C=C(CCC/C=C/c1ccccc1)CCC/C=C/c1ccc(C(F)(F)F)cc1. The lowest BCUT2D eigenvalue weighted by Gasteiger charge is -2.05. The van der Waals surface area contributed by atoms with E-state index in [4.69, 9.17) is 0 Å². The average molecular weight is 398 g/mol. The number of benzene rings is 2. The summed E-state index contributed by atoms with van der Waals surface area (Å²) < 4.78 is 37.6. The monoisotopic (exact) mass is 398 g/mol. The van der Waals surface area contributed by atoms with Gasteiger partial charge in [0.05, 0.1) is 5.56 Å². The molecule has 0 heterocycles. The first kappa shape index (κ1) is 22.4. The van der Waals surface area contributed by atoms with Gasteiger partial charge in [0, 0.05) is 5.57 Å². The number of hydrogen-bond acceptors (Lipinski definition) is 1. The van der Waals surface area contributed by atoms with Gasteiger partial charge in [-0.3, -0.25) is 0 Å². The van der Waals surface area contributed by atoms with Crippen LogP contribution in [0.4, 0.5) is 13.2 Å². The quantitative estimate of drug-likeness (QED) is 0.299. The summed E-state index contributed by atoms with van der Waals surface area (Å²) in [5.41, 5.74) is 2.04. The van der Waals surface area contributed by atoms with E-state index in [0.29, 0.717) is 6.42 Å². The van der Waals surface area contributed by atoms with Crippen LogP contribution in [-0.4, -0.2) is 5.94 Å². The fraction of sp³-hybridized carbons (Fsp3) is 0.280. The Morgan fingerprint density at radius 1 is 0.793 bits per heavy atom. The maximum absolute atomic E-state index is 12.5. The minimum atomic E-state index is -4.31. The van der Waals surface area contributed by atoms with Crippen LogP contribution in [0.2, 0.25) is 0 Å². The molecule has 0 spiro atoms. The van der Waals surface area contributed by atoms with Crippen molar-refractivity contribution in [3.63, 3.8) is 0 Å². The van der Waals surface area contributed by atoms with E-state index in [2.05, 4.69) is 18.1 Å². The third-order valence-electron chi connectivity index (χ3n) is 4.50. The maximum Gasteiger partial charge on any atom is 0.416 e. The van der Waals surface area contributed by atoms with Gasteiger partial charge in [-0.15, -0.1) is 0 Å². The number of alkyl halides is 3. The molecule has 4 heteroatoms. The summed E-state index contributed by atoms with van der Waals surface area (Å²) in [5.74, 6) is 2.05. The van der Waals surface area contributed by atoms with Gasteiger partial charge in [-0.25, -0.2) is 4.79 Å². The first-order chi connectivity index (χ1) is 14.0. The highest BCUT2D eigenvalue weighted by Gasteiger charge is 2.29. The van der Waals surface area contributed by atoms with E-state index in [9.17, 15) is 18.0 Å². The fourth-order valence-corrected chi connectivity index (χ4v) is 2.88. The van der Waals surface area contributed by atoms with Crippen LogP contribution in [0.1, 0.15) is 55.2 Å². The molecule has 0 aliphatic heterocycles. The van der Waals surface area contributed by atoms with Crippen molar-refractivity contribution >= 4 is 18.1 Å². The van der Waals surface area contributed by atoms with E-state index < -0.39 is 11.7 Å². The van der Waals surface area contributed by atoms with E-state index in [1.165, 1.54) is 17.7 Å². The number of halogens is 3. The van der Waals surface area contributed by atoms with Crippen molar-refractivity contribution in [2.75, 3.05) is 0 Å². The third kappa shape index (κ3) is 8.80. The number of rotatable bonds is 10. The average Bonchev–Trinajstić information content (AvgIpc) is 2.72. The summed E-state index contributed by atoms with van der Waals surface area (Å²) in [6.07, 6.45) is 8.46. The molecular weight excluding hydrogens is 373 g/mol. The van der Waals surface area contributed by atoms with Crippen molar-refractivity contribution < 1.29 is 18.0 Å². The zero-order valence-corrected chi connectivity index (χ0v) is 16.3. The Balaban J connectivity index is 1.64. The molecular formula is C25H25F3O. The minimum Gasteiger partial charge on any atom is -0.234 e.